The number of carbonyl (C=O) groups excluding carboxylic acids is 1. The summed E-state index contributed by atoms with van der Waals surface area (Å²) in [6, 6.07) is 16.0. The fourth-order valence-corrected chi connectivity index (χ4v) is 4.70. The van der Waals surface area contributed by atoms with Gasteiger partial charge in [0.15, 0.2) is 11.3 Å². The first-order valence-electron chi connectivity index (χ1n) is 10.7. The fraction of sp³-hybridized carbons (Fsp3) is 0.375. The first kappa shape index (κ1) is 20.7. The highest BCUT2D eigenvalue weighted by Crippen LogP contribution is 2.32. The van der Waals surface area contributed by atoms with Gasteiger partial charge in [0.05, 0.1) is 5.36 Å². The summed E-state index contributed by atoms with van der Waals surface area (Å²) < 4.78 is 0. The monoisotopic (exact) mass is 420 g/mol. The van der Waals surface area contributed by atoms with E-state index >= 15 is 0 Å². The van der Waals surface area contributed by atoms with Gasteiger partial charge in [-0.05, 0) is 25.0 Å². The molecular weight excluding hydrogens is 392 g/mol. The Labute approximate surface area is 182 Å². The number of aryl methyl sites for hydroxylation is 1. The largest absolute Gasteiger partial charge is 0.298 e. The standard InChI is InChI=1S/C24H28N4OS/c1-3-4-5-6-11-16-30-24-26-23(29)21-19-14-9-10-15-20(19)25-22(28(21)27-24)18-13-8-7-12-17(18)2/h7-10,12-15,22H,3-6,11,16H2,1-2H3,(H,26,27,29)/t22-/m1/s1. The fourth-order valence-electron chi connectivity index (χ4n) is 3.85. The number of para-hydroxylation sites is 1. The smallest absolute Gasteiger partial charge is 0.276 e. The van der Waals surface area contributed by atoms with Gasteiger partial charge in [-0.2, -0.15) is 0 Å². The highest BCUT2D eigenvalue weighted by atomic mass is 32.2. The van der Waals surface area contributed by atoms with Gasteiger partial charge in [-0.15, -0.1) is 5.10 Å². The number of hydrogen-bond donors (Lipinski definition) is 1. The van der Waals surface area contributed by atoms with E-state index in [0.29, 0.717) is 10.9 Å². The van der Waals surface area contributed by atoms with Gasteiger partial charge < -0.3 is 0 Å². The molecule has 0 aromatic heterocycles. The number of amidine groups is 1. The molecule has 0 aliphatic carbocycles. The van der Waals surface area contributed by atoms with Crippen LogP contribution in [0.4, 0.5) is 0 Å². The van der Waals surface area contributed by atoms with Crippen LogP contribution < -0.4 is 15.9 Å². The zero-order valence-electron chi connectivity index (χ0n) is 17.6. The van der Waals surface area contributed by atoms with E-state index < -0.39 is 0 Å². The second-order valence-corrected chi connectivity index (χ2v) is 8.78. The maximum atomic E-state index is 13.1. The van der Waals surface area contributed by atoms with Crippen LogP contribution in [0.15, 0.2) is 58.6 Å². The van der Waals surface area contributed by atoms with Gasteiger partial charge in [0, 0.05) is 16.5 Å². The number of benzene rings is 2. The summed E-state index contributed by atoms with van der Waals surface area (Å²) in [5.74, 6) is 0.841. The van der Waals surface area contributed by atoms with Crippen molar-refractivity contribution in [2.45, 2.75) is 52.1 Å². The van der Waals surface area contributed by atoms with Crippen LogP contribution in [0.1, 0.15) is 56.3 Å². The molecule has 1 N–H and O–H groups in total. The Hall–Kier alpha value is -2.60. The predicted octanol–water partition coefficient (Wildman–Crippen LogP) is 3.84. The van der Waals surface area contributed by atoms with E-state index in [-0.39, 0.29) is 12.1 Å². The minimum absolute atomic E-state index is 0.112. The normalized spacial score (nSPS) is 17.6. The Morgan fingerprint density at radius 2 is 1.80 bits per heavy atom. The quantitative estimate of drug-likeness (QED) is 0.693. The summed E-state index contributed by atoms with van der Waals surface area (Å²) in [4.78, 5) is 18.1. The Morgan fingerprint density at radius 1 is 1.03 bits per heavy atom. The third-order valence-electron chi connectivity index (χ3n) is 5.47. The third-order valence-corrected chi connectivity index (χ3v) is 6.42. The summed E-state index contributed by atoms with van der Waals surface area (Å²) in [6.07, 6.45) is 5.80. The van der Waals surface area contributed by atoms with Crippen molar-refractivity contribution >= 4 is 28.5 Å². The predicted molar refractivity (Wildman–Crippen MR) is 123 cm³/mol. The van der Waals surface area contributed by atoms with E-state index in [4.69, 9.17) is 10.1 Å². The molecular formula is C24H28N4OS. The zero-order chi connectivity index (χ0) is 20.9. The highest BCUT2D eigenvalue weighted by molar-refractivity contribution is 8.13. The number of carbonyl (C=O) groups is 1. The second kappa shape index (κ2) is 9.47. The number of nitrogens with zero attached hydrogens (tertiary/aromatic N) is 3. The molecule has 0 unspecified atom stereocenters. The average Bonchev–Trinajstić information content (AvgIpc) is 2.76. The van der Waals surface area contributed by atoms with Crippen LogP contribution in [0, 0.1) is 6.92 Å². The van der Waals surface area contributed by atoms with E-state index in [1.807, 2.05) is 41.4 Å². The molecule has 0 radical (unpaired) electrons. The molecule has 0 saturated heterocycles. The maximum absolute atomic E-state index is 13.1. The molecule has 156 valence electrons. The number of rotatable bonds is 7. The molecule has 6 heteroatoms. The molecule has 2 aliphatic rings. The number of nitrogens with one attached hydrogen (secondary N) is 1. The lowest BCUT2D eigenvalue weighted by molar-refractivity contribution is -0.116. The molecule has 0 spiro atoms. The second-order valence-electron chi connectivity index (χ2n) is 7.69. The van der Waals surface area contributed by atoms with Crippen molar-refractivity contribution in [3.8, 4) is 0 Å². The summed E-state index contributed by atoms with van der Waals surface area (Å²) >= 11 is 1.62. The molecule has 2 aromatic carbocycles. The third kappa shape index (κ3) is 4.29. The summed E-state index contributed by atoms with van der Waals surface area (Å²) in [6.45, 7) is 4.30. The van der Waals surface area contributed by atoms with Crippen molar-refractivity contribution in [1.29, 1.82) is 0 Å². The topological polar surface area (TPSA) is 57.1 Å². The van der Waals surface area contributed by atoms with Crippen LogP contribution in [-0.4, -0.2) is 21.8 Å². The first-order valence-corrected chi connectivity index (χ1v) is 11.7. The van der Waals surface area contributed by atoms with Crippen LogP contribution in [0.2, 0.25) is 0 Å². The van der Waals surface area contributed by atoms with Crippen LogP contribution in [0.25, 0.3) is 5.70 Å². The molecule has 4 rings (SSSR count). The zero-order valence-corrected chi connectivity index (χ0v) is 18.4. The average molecular weight is 421 g/mol. The summed E-state index contributed by atoms with van der Waals surface area (Å²) in [5, 5.41) is 12.0. The molecule has 2 heterocycles. The van der Waals surface area contributed by atoms with Crippen molar-refractivity contribution in [3.63, 3.8) is 0 Å². The van der Waals surface area contributed by atoms with Gasteiger partial charge in [0.1, 0.15) is 5.70 Å². The van der Waals surface area contributed by atoms with Gasteiger partial charge in [-0.3, -0.25) is 15.1 Å². The van der Waals surface area contributed by atoms with Crippen LogP contribution >= 0.6 is 11.8 Å². The number of amides is 1. The lowest BCUT2D eigenvalue weighted by Gasteiger charge is -2.34. The summed E-state index contributed by atoms with van der Waals surface area (Å²) in [5.41, 5.74) is 2.77. The van der Waals surface area contributed by atoms with E-state index in [0.717, 1.165) is 33.9 Å². The molecule has 5 nitrogen and oxygen atoms in total. The Bertz CT molecular complexity index is 1080. The Kier molecular flexibility index (Phi) is 6.53. The van der Waals surface area contributed by atoms with Gasteiger partial charge in [0.25, 0.3) is 5.91 Å². The Morgan fingerprint density at radius 3 is 2.63 bits per heavy atom. The SMILES string of the molecule is CCCCCCCSC1=NN2C(=c3ccccc3=N[C@H]2c2ccccc2C)C(=O)N1. The van der Waals surface area contributed by atoms with Gasteiger partial charge in [0.2, 0.25) is 0 Å². The minimum Gasteiger partial charge on any atom is -0.298 e. The number of hydrogen-bond acceptors (Lipinski definition) is 5. The van der Waals surface area contributed by atoms with Crippen LogP contribution in [-0.2, 0) is 4.79 Å². The minimum atomic E-state index is -0.345. The van der Waals surface area contributed by atoms with Gasteiger partial charge >= 0.3 is 0 Å². The molecule has 0 bridgehead atoms. The van der Waals surface area contributed by atoms with Crippen LogP contribution in [0.3, 0.4) is 0 Å². The number of thioether (sulfide) groups is 1. The van der Waals surface area contributed by atoms with E-state index in [1.54, 1.807) is 11.8 Å². The van der Waals surface area contributed by atoms with E-state index in [9.17, 15) is 4.79 Å². The molecule has 0 saturated carbocycles. The highest BCUT2D eigenvalue weighted by Gasteiger charge is 2.34. The maximum Gasteiger partial charge on any atom is 0.276 e. The van der Waals surface area contributed by atoms with Crippen molar-refractivity contribution < 1.29 is 4.79 Å². The van der Waals surface area contributed by atoms with Gasteiger partial charge in [-0.1, -0.05) is 86.8 Å². The van der Waals surface area contributed by atoms with Crippen molar-refractivity contribution in [2.24, 2.45) is 10.1 Å². The molecule has 2 aromatic rings. The lowest BCUT2D eigenvalue weighted by atomic mass is 10.0. The number of unbranched alkanes of at least 4 members (excludes halogenated alkanes) is 4. The van der Waals surface area contributed by atoms with E-state index in [1.165, 1.54) is 25.7 Å². The first-order chi connectivity index (χ1) is 14.7. The Balaban J connectivity index is 1.66. The van der Waals surface area contributed by atoms with Crippen molar-refractivity contribution in [3.05, 3.63) is 70.2 Å². The van der Waals surface area contributed by atoms with Gasteiger partial charge in [-0.25, -0.2) is 5.01 Å². The van der Waals surface area contributed by atoms with Crippen LogP contribution in [0.5, 0.6) is 0 Å². The van der Waals surface area contributed by atoms with E-state index in [2.05, 4.69) is 31.3 Å². The summed E-state index contributed by atoms with van der Waals surface area (Å²) in [7, 11) is 0. The van der Waals surface area contributed by atoms with Crippen molar-refractivity contribution in [1.82, 2.24) is 10.3 Å². The molecule has 2 aliphatic heterocycles. The lowest BCUT2D eigenvalue weighted by Crippen LogP contribution is -2.50. The van der Waals surface area contributed by atoms with Crippen molar-refractivity contribution in [2.75, 3.05) is 5.75 Å². The molecule has 1 atom stereocenters. The molecule has 1 amide bonds. The number of hydrazone groups is 1. The molecule has 0 fully saturated rings. The number of fused-ring (bicyclic) bond motifs is 2. The molecule has 30 heavy (non-hydrogen) atoms.